The van der Waals surface area contributed by atoms with E-state index in [4.69, 9.17) is 9.84 Å². The lowest BCUT2D eigenvalue weighted by molar-refractivity contribution is -0.139. The summed E-state index contributed by atoms with van der Waals surface area (Å²) in [4.78, 5) is 23.1. The van der Waals surface area contributed by atoms with E-state index < -0.39 is 28.3 Å². The first kappa shape index (κ1) is 20.4. The van der Waals surface area contributed by atoms with Crippen molar-refractivity contribution in [2.45, 2.75) is 24.8 Å². The van der Waals surface area contributed by atoms with E-state index >= 15 is 0 Å². The van der Waals surface area contributed by atoms with Crippen LogP contribution in [0.2, 0.25) is 0 Å². The zero-order valence-corrected chi connectivity index (χ0v) is 16.0. The molecular formula is C19H21NO6S. The van der Waals surface area contributed by atoms with E-state index in [2.05, 4.69) is 5.32 Å². The molecule has 1 atom stereocenters. The SMILES string of the molecule is Cc1ccc(C(=O)NC(C)c2ccc(OCC(=O)O)cc2)cc1S(C)(=O)=O. The lowest BCUT2D eigenvalue weighted by atomic mass is 10.1. The summed E-state index contributed by atoms with van der Waals surface area (Å²) in [5.41, 5.74) is 1.63. The molecule has 0 heterocycles. The molecule has 2 aromatic rings. The van der Waals surface area contributed by atoms with Gasteiger partial charge in [0.25, 0.3) is 5.91 Å². The minimum absolute atomic E-state index is 0.128. The van der Waals surface area contributed by atoms with Crippen LogP contribution in [0.3, 0.4) is 0 Å². The van der Waals surface area contributed by atoms with Crippen molar-refractivity contribution < 1.29 is 27.9 Å². The van der Waals surface area contributed by atoms with Gasteiger partial charge in [0.2, 0.25) is 0 Å². The highest BCUT2D eigenvalue weighted by atomic mass is 32.2. The first-order chi connectivity index (χ1) is 12.6. The van der Waals surface area contributed by atoms with Crippen molar-refractivity contribution in [1.82, 2.24) is 5.32 Å². The number of carbonyl (C=O) groups is 2. The molecule has 0 saturated heterocycles. The number of benzene rings is 2. The lowest BCUT2D eigenvalue weighted by Gasteiger charge is -2.15. The van der Waals surface area contributed by atoms with Crippen molar-refractivity contribution in [2.75, 3.05) is 12.9 Å². The van der Waals surface area contributed by atoms with E-state index in [0.29, 0.717) is 11.3 Å². The van der Waals surface area contributed by atoms with Crippen LogP contribution in [0.25, 0.3) is 0 Å². The highest BCUT2D eigenvalue weighted by Crippen LogP contribution is 2.20. The van der Waals surface area contributed by atoms with E-state index in [-0.39, 0.29) is 16.5 Å². The molecule has 0 aliphatic carbocycles. The van der Waals surface area contributed by atoms with Gasteiger partial charge < -0.3 is 15.2 Å². The Morgan fingerprint density at radius 3 is 2.33 bits per heavy atom. The maximum Gasteiger partial charge on any atom is 0.341 e. The van der Waals surface area contributed by atoms with Crippen LogP contribution in [0.4, 0.5) is 0 Å². The first-order valence-corrected chi connectivity index (χ1v) is 10.0. The standard InChI is InChI=1S/C19H21NO6S/c1-12-4-5-15(10-17(12)27(3,24)25)19(23)20-13(2)14-6-8-16(9-7-14)26-11-18(21)22/h4-10,13H,11H2,1-3H3,(H,20,23)(H,21,22). The van der Waals surface area contributed by atoms with E-state index in [1.54, 1.807) is 50.2 Å². The Hall–Kier alpha value is -2.87. The molecule has 1 unspecified atom stereocenters. The Labute approximate surface area is 157 Å². The summed E-state index contributed by atoms with van der Waals surface area (Å²) >= 11 is 0. The van der Waals surface area contributed by atoms with Crippen LogP contribution in [0.1, 0.15) is 34.5 Å². The molecule has 8 heteroatoms. The fourth-order valence-electron chi connectivity index (χ4n) is 2.50. The Bertz CT molecular complexity index is 951. The summed E-state index contributed by atoms with van der Waals surface area (Å²) in [6.45, 7) is 3.03. The second-order valence-electron chi connectivity index (χ2n) is 6.20. The van der Waals surface area contributed by atoms with Crippen LogP contribution in [0.15, 0.2) is 47.4 Å². The van der Waals surface area contributed by atoms with Crippen LogP contribution in [0.5, 0.6) is 5.75 Å². The average molecular weight is 391 g/mol. The summed E-state index contributed by atoms with van der Waals surface area (Å²) in [5, 5.41) is 11.4. The zero-order valence-electron chi connectivity index (χ0n) is 15.2. The lowest BCUT2D eigenvalue weighted by Crippen LogP contribution is -2.26. The van der Waals surface area contributed by atoms with E-state index in [1.165, 1.54) is 6.07 Å². The number of aryl methyl sites for hydroxylation is 1. The molecule has 0 bridgehead atoms. The summed E-state index contributed by atoms with van der Waals surface area (Å²) in [7, 11) is -3.42. The summed E-state index contributed by atoms with van der Waals surface area (Å²) in [6.07, 6.45) is 1.10. The highest BCUT2D eigenvalue weighted by molar-refractivity contribution is 7.90. The number of rotatable bonds is 7. The van der Waals surface area contributed by atoms with Crippen molar-refractivity contribution in [2.24, 2.45) is 0 Å². The molecule has 27 heavy (non-hydrogen) atoms. The molecule has 2 aromatic carbocycles. The molecule has 144 valence electrons. The van der Waals surface area contributed by atoms with Crippen molar-refractivity contribution in [3.63, 3.8) is 0 Å². The fourth-order valence-corrected chi connectivity index (χ4v) is 3.50. The van der Waals surface area contributed by atoms with Gasteiger partial charge in [-0.2, -0.15) is 0 Å². The molecule has 0 fully saturated rings. The molecule has 0 radical (unpaired) electrons. The van der Waals surface area contributed by atoms with Crippen LogP contribution in [-0.2, 0) is 14.6 Å². The number of aliphatic carboxylic acids is 1. The minimum Gasteiger partial charge on any atom is -0.482 e. The van der Waals surface area contributed by atoms with Gasteiger partial charge in [0.15, 0.2) is 16.4 Å². The number of carboxylic acid groups (broad SMARTS) is 1. The predicted octanol–water partition coefficient (Wildman–Crippen LogP) is 2.35. The summed E-state index contributed by atoms with van der Waals surface area (Å²) in [6, 6.07) is 10.9. The van der Waals surface area contributed by atoms with Crippen molar-refractivity contribution in [1.29, 1.82) is 0 Å². The van der Waals surface area contributed by atoms with Gasteiger partial charge in [-0.1, -0.05) is 18.2 Å². The number of hydrogen-bond acceptors (Lipinski definition) is 5. The quantitative estimate of drug-likeness (QED) is 0.750. The number of amides is 1. The third-order valence-electron chi connectivity index (χ3n) is 3.94. The van der Waals surface area contributed by atoms with Gasteiger partial charge in [0.1, 0.15) is 5.75 Å². The molecule has 2 N–H and O–H groups in total. The molecule has 0 aliphatic rings. The van der Waals surface area contributed by atoms with Crippen LogP contribution >= 0.6 is 0 Å². The van der Waals surface area contributed by atoms with E-state index in [1.807, 2.05) is 0 Å². The average Bonchev–Trinajstić information content (AvgIpc) is 2.59. The monoisotopic (exact) mass is 391 g/mol. The molecule has 7 nitrogen and oxygen atoms in total. The minimum atomic E-state index is -3.42. The molecular weight excluding hydrogens is 370 g/mol. The molecule has 1 amide bonds. The number of nitrogens with one attached hydrogen (secondary N) is 1. The third kappa shape index (κ3) is 5.55. The summed E-state index contributed by atoms with van der Waals surface area (Å²) < 4.78 is 28.7. The molecule has 2 rings (SSSR count). The van der Waals surface area contributed by atoms with Gasteiger partial charge in [-0.15, -0.1) is 0 Å². The molecule has 0 spiro atoms. The van der Waals surface area contributed by atoms with Gasteiger partial charge in [-0.25, -0.2) is 13.2 Å². The topological polar surface area (TPSA) is 110 Å². The van der Waals surface area contributed by atoms with Crippen molar-refractivity contribution in [3.05, 3.63) is 59.2 Å². The Morgan fingerprint density at radius 1 is 1.15 bits per heavy atom. The first-order valence-electron chi connectivity index (χ1n) is 8.14. The van der Waals surface area contributed by atoms with Crippen molar-refractivity contribution in [3.8, 4) is 5.75 Å². The van der Waals surface area contributed by atoms with Crippen LogP contribution in [-0.4, -0.2) is 38.3 Å². The fraction of sp³-hybridized carbons (Fsp3) is 0.263. The molecule has 0 aliphatic heterocycles. The number of hydrogen-bond donors (Lipinski definition) is 2. The second kappa shape index (κ2) is 8.22. The van der Waals surface area contributed by atoms with Crippen molar-refractivity contribution >= 4 is 21.7 Å². The maximum atomic E-state index is 12.5. The molecule has 0 aromatic heterocycles. The van der Waals surface area contributed by atoms with Crippen LogP contribution < -0.4 is 10.1 Å². The van der Waals surface area contributed by atoms with E-state index in [9.17, 15) is 18.0 Å². The largest absolute Gasteiger partial charge is 0.482 e. The van der Waals surface area contributed by atoms with Gasteiger partial charge in [-0.3, -0.25) is 4.79 Å². The maximum absolute atomic E-state index is 12.5. The predicted molar refractivity (Wildman–Crippen MR) is 99.7 cm³/mol. The number of carbonyl (C=O) groups excluding carboxylic acids is 1. The van der Waals surface area contributed by atoms with Gasteiger partial charge in [0.05, 0.1) is 10.9 Å². The van der Waals surface area contributed by atoms with Gasteiger partial charge in [0, 0.05) is 11.8 Å². The van der Waals surface area contributed by atoms with Crippen LogP contribution in [0, 0.1) is 6.92 Å². The Balaban J connectivity index is 2.10. The second-order valence-corrected chi connectivity index (χ2v) is 8.18. The highest BCUT2D eigenvalue weighted by Gasteiger charge is 2.16. The number of carboxylic acids is 1. The third-order valence-corrected chi connectivity index (χ3v) is 5.18. The zero-order chi connectivity index (χ0) is 20.2. The van der Waals surface area contributed by atoms with Gasteiger partial charge in [-0.05, 0) is 49.2 Å². The number of sulfone groups is 1. The number of ether oxygens (including phenoxy) is 1. The summed E-state index contributed by atoms with van der Waals surface area (Å²) in [5.74, 6) is -1.04. The van der Waals surface area contributed by atoms with E-state index in [0.717, 1.165) is 11.8 Å². The molecule has 0 saturated carbocycles. The smallest absolute Gasteiger partial charge is 0.341 e. The Morgan fingerprint density at radius 2 is 1.78 bits per heavy atom. The normalized spacial score (nSPS) is 12.3. The Kier molecular flexibility index (Phi) is 6.22. The van der Waals surface area contributed by atoms with Gasteiger partial charge >= 0.3 is 5.97 Å².